The highest BCUT2D eigenvalue weighted by Gasteiger charge is 2.16. The molecule has 5 aromatic rings. The molecule has 6 nitrogen and oxygen atoms in total. The Morgan fingerprint density at radius 3 is 2.47 bits per heavy atom. The van der Waals surface area contributed by atoms with Crippen LogP contribution < -0.4 is 10.1 Å². The van der Waals surface area contributed by atoms with Gasteiger partial charge in [0.2, 0.25) is 5.91 Å². The minimum absolute atomic E-state index is 0.0359. The topological polar surface area (TPSA) is 68.8 Å². The van der Waals surface area contributed by atoms with E-state index >= 15 is 0 Å². The van der Waals surface area contributed by atoms with Crippen LogP contribution in [0.25, 0.3) is 28.0 Å². The monoisotopic (exact) mass is 451 g/mol. The summed E-state index contributed by atoms with van der Waals surface area (Å²) in [6.07, 6.45) is 4.59. The van der Waals surface area contributed by atoms with Crippen molar-refractivity contribution < 1.29 is 13.9 Å². The Morgan fingerprint density at radius 1 is 0.941 bits per heavy atom. The van der Waals surface area contributed by atoms with Gasteiger partial charge in [-0.1, -0.05) is 30.3 Å². The lowest BCUT2D eigenvalue weighted by molar-refractivity contribution is -0.121. The number of fused-ring (bicyclic) bond motifs is 1. The lowest BCUT2D eigenvalue weighted by atomic mass is 10.1. The average Bonchev–Trinajstić information content (AvgIpc) is 3.54. The van der Waals surface area contributed by atoms with Gasteiger partial charge < -0.3 is 18.9 Å². The fourth-order valence-corrected chi connectivity index (χ4v) is 4.03. The van der Waals surface area contributed by atoms with Crippen LogP contribution in [0.15, 0.2) is 95.7 Å². The van der Waals surface area contributed by atoms with Crippen molar-refractivity contribution >= 4 is 11.6 Å². The summed E-state index contributed by atoms with van der Waals surface area (Å²) in [6, 6.07) is 25.8. The minimum atomic E-state index is -0.0359. The summed E-state index contributed by atoms with van der Waals surface area (Å²) in [5, 5.41) is 2.93. The molecule has 0 aliphatic carbocycles. The molecule has 0 spiro atoms. The molecular weight excluding hydrogens is 426 g/mol. The molecule has 0 aliphatic rings. The molecule has 0 aliphatic heterocycles. The van der Waals surface area contributed by atoms with Gasteiger partial charge in [0.25, 0.3) is 0 Å². The molecule has 0 unspecified atom stereocenters. The molecule has 0 fully saturated rings. The Hall–Kier alpha value is -4.32. The number of carbonyl (C=O) groups excluding carboxylic acids is 1. The van der Waals surface area contributed by atoms with E-state index in [1.807, 2.05) is 60.7 Å². The number of ether oxygens (including phenoxy) is 1. The van der Waals surface area contributed by atoms with Crippen LogP contribution in [-0.4, -0.2) is 22.4 Å². The predicted molar refractivity (Wildman–Crippen MR) is 131 cm³/mol. The predicted octanol–water partition coefficient (Wildman–Crippen LogP) is 5.52. The van der Waals surface area contributed by atoms with Crippen molar-refractivity contribution in [1.29, 1.82) is 0 Å². The molecule has 0 radical (unpaired) electrons. The number of imidazole rings is 1. The summed E-state index contributed by atoms with van der Waals surface area (Å²) in [6.45, 7) is 0.377. The number of hydrogen-bond acceptors (Lipinski definition) is 4. The van der Waals surface area contributed by atoms with E-state index in [0.29, 0.717) is 19.4 Å². The van der Waals surface area contributed by atoms with Gasteiger partial charge in [-0.15, -0.1) is 0 Å². The van der Waals surface area contributed by atoms with Crippen LogP contribution in [0, 0.1) is 0 Å². The Balaban J connectivity index is 1.48. The van der Waals surface area contributed by atoms with Crippen molar-refractivity contribution in [2.24, 2.45) is 0 Å². The van der Waals surface area contributed by atoms with Gasteiger partial charge in [-0.05, 0) is 66.1 Å². The highest BCUT2D eigenvalue weighted by molar-refractivity contribution is 5.77. The summed E-state index contributed by atoms with van der Waals surface area (Å²) in [5.41, 5.74) is 5.91. The van der Waals surface area contributed by atoms with Crippen LogP contribution >= 0.6 is 0 Å². The fraction of sp³-hybridized carbons (Fsp3) is 0.143. The van der Waals surface area contributed by atoms with Gasteiger partial charge in [0.1, 0.15) is 17.2 Å². The highest BCUT2D eigenvalue weighted by atomic mass is 16.5. The number of nitrogens with one attached hydrogen (secondary N) is 1. The van der Waals surface area contributed by atoms with Crippen molar-refractivity contribution in [1.82, 2.24) is 14.7 Å². The largest absolute Gasteiger partial charge is 0.497 e. The molecule has 0 saturated carbocycles. The zero-order valence-corrected chi connectivity index (χ0v) is 18.9. The SMILES string of the molecule is COc1ccc(-c2nc3ccc(-c4ccccc4)cn3c2CCC(=O)NCc2ccco2)cc1. The number of methoxy groups -OCH3 is 1. The third kappa shape index (κ3) is 4.57. The first-order chi connectivity index (χ1) is 16.7. The lowest BCUT2D eigenvalue weighted by Gasteiger charge is -2.09. The number of amides is 1. The molecule has 170 valence electrons. The van der Waals surface area contributed by atoms with Crippen molar-refractivity contribution in [2.75, 3.05) is 7.11 Å². The summed E-state index contributed by atoms with van der Waals surface area (Å²) in [4.78, 5) is 17.5. The van der Waals surface area contributed by atoms with Gasteiger partial charge in [-0.2, -0.15) is 0 Å². The molecule has 0 atom stereocenters. The van der Waals surface area contributed by atoms with Crippen LogP contribution in [0.5, 0.6) is 5.75 Å². The van der Waals surface area contributed by atoms with Crippen molar-refractivity contribution in [3.63, 3.8) is 0 Å². The maximum atomic E-state index is 12.6. The maximum absolute atomic E-state index is 12.6. The fourth-order valence-electron chi connectivity index (χ4n) is 4.03. The third-order valence-corrected chi connectivity index (χ3v) is 5.82. The number of aromatic nitrogens is 2. The van der Waals surface area contributed by atoms with Crippen molar-refractivity contribution in [2.45, 2.75) is 19.4 Å². The first-order valence-corrected chi connectivity index (χ1v) is 11.2. The number of furan rings is 1. The summed E-state index contributed by atoms with van der Waals surface area (Å²) >= 11 is 0. The number of pyridine rings is 1. The molecule has 0 saturated heterocycles. The van der Waals surface area contributed by atoms with Gasteiger partial charge in [0, 0.05) is 18.2 Å². The molecule has 2 aromatic carbocycles. The number of hydrogen-bond donors (Lipinski definition) is 1. The van der Waals surface area contributed by atoms with Gasteiger partial charge in [-0.25, -0.2) is 4.98 Å². The number of carbonyl (C=O) groups is 1. The van der Waals surface area contributed by atoms with E-state index in [1.54, 1.807) is 13.4 Å². The van der Waals surface area contributed by atoms with Crippen LogP contribution in [0.2, 0.25) is 0 Å². The van der Waals surface area contributed by atoms with E-state index in [2.05, 4.69) is 34.1 Å². The smallest absolute Gasteiger partial charge is 0.220 e. The molecular formula is C28H25N3O3. The number of benzene rings is 2. The molecule has 6 heteroatoms. The molecule has 1 amide bonds. The summed E-state index contributed by atoms with van der Waals surface area (Å²) in [7, 11) is 1.65. The van der Waals surface area contributed by atoms with Crippen molar-refractivity contribution in [3.8, 4) is 28.1 Å². The first kappa shape index (κ1) is 21.5. The van der Waals surface area contributed by atoms with Gasteiger partial charge >= 0.3 is 0 Å². The number of rotatable bonds is 8. The van der Waals surface area contributed by atoms with Crippen LogP contribution in [0.3, 0.4) is 0 Å². The number of nitrogens with zero attached hydrogens (tertiary/aromatic N) is 2. The molecule has 3 heterocycles. The first-order valence-electron chi connectivity index (χ1n) is 11.2. The Morgan fingerprint density at radius 2 is 1.74 bits per heavy atom. The molecule has 0 bridgehead atoms. The van der Waals surface area contributed by atoms with Gasteiger partial charge in [-0.3, -0.25) is 4.79 Å². The summed E-state index contributed by atoms with van der Waals surface area (Å²) in [5.74, 6) is 1.48. The van der Waals surface area contributed by atoms with Crippen LogP contribution in [-0.2, 0) is 17.8 Å². The van der Waals surface area contributed by atoms with Crippen LogP contribution in [0.1, 0.15) is 17.9 Å². The zero-order valence-electron chi connectivity index (χ0n) is 18.9. The second-order valence-corrected chi connectivity index (χ2v) is 8.00. The van der Waals surface area contributed by atoms with E-state index in [-0.39, 0.29) is 5.91 Å². The maximum Gasteiger partial charge on any atom is 0.220 e. The second kappa shape index (κ2) is 9.67. The Kier molecular flexibility index (Phi) is 6.12. The summed E-state index contributed by atoms with van der Waals surface area (Å²) < 4.78 is 12.7. The van der Waals surface area contributed by atoms with Gasteiger partial charge in [0.05, 0.1) is 31.3 Å². The molecule has 3 aromatic heterocycles. The van der Waals surface area contributed by atoms with E-state index in [9.17, 15) is 4.79 Å². The van der Waals surface area contributed by atoms with E-state index in [0.717, 1.165) is 45.2 Å². The average molecular weight is 452 g/mol. The quantitative estimate of drug-likeness (QED) is 0.337. The highest BCUT2D eigenvalue weighted by Crippen LogP contribution is 2.29. The van der Waals surface area contributed by atoms with Gasteiger partial charge in [0.15, 0.2) is 0 Å². The Labute approximate surface area is 197 Å². The number of aryl methyl sites for hydroxylation is 1. The standard InChI is InChI=1S/C28H25N3O3/c1-33-23-12-9-21(10-13-23)28-25(14-16-27(32)29-18-24-8-5-17-34-24)31-19-22(11-15-26(31)30-28)20-6-3-2-4-7-20/h2-13,15,17,19H,14,16,18H2,1H3,(H,29,32). The third-order valence-electron chi connectivity index (χ3n) is 5.82. The molecule has 34 heavy (non-hydrogen) atoms. The van der Waals surface area contributed by atoms with E-state index in [4.69, 9.17) is 14.1 Å². The van der Waals surface area contributed by atoms with Crippen molar-refractivity contribution in [3.05, 3.63) is 103 Å². The Bertz CT molecular complexity index is 1390. The lowest BCUT2D eigenvalue weighted by Crippen LogP contribution is -2.23. The van der Waals surface area contributed by atoms with Crippen LogP contribution in [0.4, 0.5) is 0 Å². The van der Waals surface area contributed by atoms with E-state index < -0.39 is 0 Å². The zero-order chi connectivity index (χ0) is 23.3. The van der Waals surface area contributed by atoms with E-state index in [1.165, 1.54) is 0 Å². The minimum Gasteiger partial charge on any atom is -0.497 e. The molecule has 5 rings (SSSR count). The molecule has 1 N–H and O–H groups in total. The second-order valence-electron chi connectivity index (χ2n) is 8.00. The normalized spacial score (nSPS) is 11.0.